The summed E-state index contributed by atoms with van der Waals surface area (Å²) in [5.74, 6) is 0. The van der Waals surface area contributed by atoms with E-state index in [-0.39, 0.29) is 4.80 Å². The van der Waals surface area contributed by atoms with Crippen molar-refractivity contribution in [1.82, 2.24) is 4.98 Å². The minimum Gasteiger partial charge on any atom is -0.439 e. The van der Waals surface area contributed by atoms with E-state index in [1.165, 1.54) is 0 Å². The fraction of sp³-hybridized carbons (Fsp3) is 0.250. The Kier molecular flexibility index (Phi) is 1.72. The van der Waals surface area contributed by atoms with Crippen molar-refractivity contribution in [2.75, 3.05) is 0 Å². The van der Waals surface area contributed by atoms with Crippen molar-refractivity contribution in [3.05, 3.63) is 16.8 Å². The van der Waals surface area contributed by atoms with Crippen molar-refractivity contribution >= 4 is 15.9 Å². The van der Waals surface area contributed by atoms with Gasteiger partial charge >= 0.3 is 6.18 Å². The van der Waals surface area contributed by atoms with Gasteiger partial charge in [0.05, 0.1) is 0 Å². The Balaban J connectivity index is 2.96. The summed E-state index contributed by atoms with van der Waals surface area (Å²) in [6.45, 7) is 0. The van der Waals surface area contributed by atoms with Gasteiger partial charge in [0.15, 0.2) is 5.69 Å². The molecule has 0 aliphatic carbocycles. The van der Waals surface area contributed by atoms with Gasteiger partial charge in [-0.1, -0.05) is 0 Å². The van der Waals surface area contributed by atoms with E-state index in [9.17, 15) is 13.2 Å². The highest BCUT2D eigenvalue weighted by Crippen LogP contribution is 2.29. The Morgan fingerprint density at radius 3 is 2.30 bits per heavy atom. The number of halogens is 4. The van der Waals surface area contributed by atoms with Gasteiger partial charge in [0, 0.05) is 15.9 Å². The van der Waals surface area contributed by atoms with Crippen LogP contribution >= 0.6 is 15.9 Å². The Morgan fingerprint density at radius 1 is 1.50 bits per heavy atom. The van der Waals surface area contributed by atoms with E-state index < -0.39 is 11.9 Å². The highest BCUT2D eigenvalue weighted by molar-refractivity contribution is 9.10. The summed E-state index contributed by atoms with van der Waals surface area (Å²) >= 11 is 2.65. The van der Waals surface area contributed by atoms with Crippen LogP contribution in [0.25, 0.3) is 0 Å². The molecular weight excluding hydrogens is 215 g/mol. The first-order chi connectivity index (χ1) is 4.50. The van der Waals surface area contributed by atoms with Crippen LogP contribution < -0.4 is 0 Å². The number of oxazole rings is 1. The van der Waals surface area contributed by atoms with Crippen molar-refractivity contribution in [3.8, 4) is 0 Å². The molecule has 0 bridgehead atoms. The number of nitrogens with zero attached hydrogens (tertiary/aromatic N) is 1. The van der Waals surface area contributed by atoms with Crippen LogP contribution in [0.5, 0.6) is 0 Å². The number of alkyl halides is 3. The molecule has 0 amide bonds. The Bertz CT molecular complexity index is 231. The largest absolute Gasteiger partial charge is 0.439 e. The molecule has 0 saturated carbocycles. The van der Waals surface area contributed by atoms with E-state index in [0.29, 0.717) is 6.26 Å². The molecule has 1 rings (SSSR count). The lowest BCUT2D eigenvalue weighted by Gasteiger charge is -1.97. The van der Waals surface area contributed by atoms with Crippen LogP contribution in [0.4, 0.5) is 13.2 Å². The molecule has 0 unspecified atom stereocenters. The molecule has 0 aliphatic rings. The lowest BCUT2D eigenvalue weighted by atomic mass is 10.5. The summed E-state index contributed by atoms with van der Waals surface area (Å²) in [6, 6.07) is 0. The molecule has 0 saturated heterocycles. The quantitative estimate of drug-likeness (QED) is 0.665. The van der Waals surface area contributed by atoms with Crippen LogP contribution in [0.1, 0.15) is 5.69 Å². The van der Waals surface area contributed by atoms with Crippen LogP contribution in [0.2, 0.25) is 0 Å². The van der Waals surface area contributed by atoms with Gasteiger partial charge in [0.25, 0.3) is 4.80 Å². The summed E-state index contributed by atoms with van der Waals surface area (Å²) < 4.78 is 39.3. The van der Waals surface area contributed by atoms with E-state index in [4.69, 9.17) is 0 Å². The van der Waals surface area contributed by atoms with Gasteiger partial charge in [-0.2, -0.15) is 18.2 Å². The van der Waals surface area contributed by atoms with Gasteiger partial charge in [0.2, 0.25) is 0 Å². The highest BCUT2D eigenvalue weighted by Gasteiger charge is 2.34. The second kappa shape index (κ2) is 2.26. The van der Waals surface area contributed by atoms with Crippen LogP contribution in [0.3, 0.4) is 0 Å². The minimum absolute atomic E-state index is 0.167. The second-order valence-electron chi connectivity index (χ2n) is 1.48. The van der Waals surface area contributed by atoms with E-state index in [0.717, 1.165) is 0 Å². The fourth-order valence-electron chi connectivity index (χ4n) is 0.382. The summed E-state index contributed by atoms with van der Waals surface area (Å²) in [6.07, 6.45) is -3.88. The normalized spacial score (nSPS) is 12.0. The first-order valence-corrected chi connectivity index (χ1v) is 2.97. The van der Waals surface area contributed by atoms with Gasteiger partial charge in [-0.15, -0.1) is 0 Å². The van der Waals surface area contributed by atoms with E-state index in [1.807, 2.05) is 0 Å². The van der Waals surface area contributed by atoms with Crippen molar-refractivity contribution in [3.63, 3.8) is 0 Å². The molecule has 0 spiro atoms. The predicted octanol–water partition coefficient (Wildman–Crippen LogP) is 2.46. The summed E-state index contributed by atoms with van der Waals surface area (Å²) in [5, 5.41) is 0. The SMILES string of the molecule is FC(F)(F)c1coc(Br)n1. The molecule has 10 heavy (non-hydrogen) atoms. The highest BCUT2D eigenvalue weighted by atomic mass is 79.9. The third-order valence-corrected chi connectivity index (χ3v) is 1.13. The van der Waals surface area contributed by atoms with Crippen molar-refractivity contribution < 1.29 is 17.6 Å². The molecule has 0 radical (unpaired) electrons. The predicted molar refractivity (Wildman–Crippen MR) is 29.2 cm³/mol. The van der Waals surface area contributed by atoms with Crippen LogP contribution in [0, 0.1) is 0 Å². The van der Waals surface area contributed by atoms with Gasteiger partial charge < -0.3 is 4.42 Å². The second-order valence-corrected chi connectivity index (χ2v) is 2.16. The van der Waals surface area contributed by atoms with Gasteiger partial charge in [0.1, 0.15) is 6.26 Å². The standard InChI is InChI=1S/C4HBrF3NO/c5-3-9-2(1-10-3)4(6,7)8/h1H. The average molecular weight is 216 g/mol. The lowest BCUT2D eigenvalue weighted by Crippen LogP contribution is -2.04. The van der Waals surface area contributed by atoms with Crippen LogP contribution in [-0.2, 0) is 6.18 Å². The number of hydrogen-bond acceptors (Lipinski definition) is 2. The Labute approximate surface area is 62.2 Å². The molecule has 2 nitrogen and oxygen atoms in total. The zero-order chi connectivity index (χ0) is 7.78. The molecule has 6 heteroatoms. The first-order valence-electron chi connectivity index (χ1n) is 2.18. The Morgan fingerprint density at radius 2 is 2.10 bits per heavy atom. The number of aromatic nitrogens is 1. The molecule has 0 N–H and O–H groups in total. The summed E-state index contributed by atoms with van der Waals surface area (Å²) in [5.41, 5.74) is -1.03. The monoisotopic (exact) mass is 215 g/mol. The first kappa shape index (κ1) is 7.59. The van der Waals surface area contributed by atoms with Crippen molar-refractivity contribution in [2.45, 2.75) is 6.18 Å². The third-order valence-electron chi connectivity index (χ3n) is 0.767. The van der Waals surface area contributed by atoms with Crippen LogP contribution in [0.15, 0.2) is 15.5 Å². The zero-order valence-electron chi connectivity index (χ0n) is 4.44. The van der Waals surface area contributed by atoms with Crippen LogP contribution in [-0.4, -0.2) is 4.98 Å². The molecule has 1 aromatic heterocycles. The smallest absolute Gasteiger partial charge is 0.436 e. The summed E-state index contributed by atoms with van der Waals surface area (Å²) in [4.78, 5) is 2.84. The maximum absolute atomic E-state index is 11.7. The molecule has 1 aromatic rings. The zero-order valence-corrected chi connectivity index (χ0v) is 6.03. The average Bonchev–Trinajstić information content (AvgIpc) is 2.11. The van der Waals surface area contributed by atoms with Gasteiger partial charge in [-0.05, 0) is 0 Å². The maximum Gasteiger partial charge on any atom is 0.436 e. The van der Waals surface area contributed by atoms with E-state index in [1.54, 1.807) is 0 Å². The van der Waals surface area contributed by atoms with Crippen molar-refractivity contribution in [1.29, 1.82) is 0 Å². The Hall–Kier alpha value is -0.520. The molecule has 0 aromatic carbocycles. The molecule has 1 heterocycles. The number of rotatable bonds is 0. The summed E-state index contributed by atoms with van der Waals surface area (Å²) in [7, 11) is 0. The number of hydrogen-bond donors (Lipinski definition) is 0. The third kappa shape index (κ3) is 1.50. The van der Waals surface area contributed by atoms with Gasteiger partial charge in [-0.25, -0.2) is 0 Å². The molecule has 0 aliphatic heterocycles. The maximum atomic E-state index is 11.7. The lowest BCUT2D eigenvalue weighted by molar-refractivity contribution is -0.141. The van der Waals surface area contributed by atoms with E-state index >= 15 is 0 Å². The topological polar surface area (TPSA) is 26.0 Å². The molecule has 56 valence electrons. The molecular formula is C4HBrF3NO. The minimum atomic E-state index is -4.42. The molecule has 0 atom stereocenters. The van der Waals surface area contributed by atoms with Gasteiger partial charge in [-0.3, -0.25) is 0 Å². The van der Waals surface area contributed by atoms with E-state index in [2.05, 4.69) is 25.3 Å². The molecule has 0 fully saturated rings. The fourth-order valence-corrected chi connectivity index (χ4v) is 0.667. The van der Waals surface area contributed by atoms with Crippen molar-refractivity contribution in [2.24, 2.45) is 0 Å².